The molecule has 0 aliphatic carbocycles. The van der Waals surface area contributed by atoms with E-state index in [-0.39, 0.29) is 5.78 Å². The van der Waals surface area contributed by atoms with E-state index in [0.29, 0.717) is 16.1 Å². The fraction of sp³-hybridized carbons (Fsp3) is 0.182. The molecule has 0 aliphatic rings. The first-order valence-electron chi connectivity index (χ1n) is 9.11. The second-order valence-electron chi connectivity index (χ2n) is 6.89. The molecule has 1 heterocycles. The van der Waals surface area contributed by atoms with Gasteiger partial charge in [-0.1, -0.05) is 29.8 Å². The molecule has 0 fully saturated rings. The van der Waals surface area contributed by atoms with Crippen LogP contribution in [-0.4, -0.2) is 32.5 Å². The number of carbonyl (C=O) groups excluding carboxylic acids is 2. The summed E-state index contributed by atoms with van der Waals surface area (Å²) < 4.78 is 30.3. The second-order valence-corrected chi connectivity index (χ2v) is 9.56. The highest BCUT2D eigenvalue weighted by atomic mass is 32.2. The van der Waals surface area contributed by atoms with Crippen LogP contribution in [0.5, 0.6) is 0 Å². The smallest absolute Gasteiger partial charge is 0.349 e. The lowest BCUT2D eigenvalue weighted by Gasteiger charge is -2.13. The highest BCUT2D eigenvalue weighted by molar-refractivity contribution is 7.92. The normalized spacial score (nSPS) is 12.2. The van der Waals surface area contributed by atoms with Crippen molar-refractivity contribution in [3.05, 3.63) is 76.0 Å². The Bertz CT molecular complexity index is 1160. The lowest BCUT2D eigenvalue weighted by atomic mass is 10.0. The summed E-state index contributed by atoms with van der Waals surface area (Å²) in [5, 5.41) is 1.81. The largest absolute Gasteiger partial charge is 0.450 e. The maximum atomic E-state index is 12.7. The van der Waals surface area contributed by atoms with Gasteiger partial charge in [0, 0.05) is 16.8 Å². The topological polar surface area (TPSA) is 89.5 Å². The molecule has 6 nitrogen and oxygen atoms in total. The van der Waals surface area contributed by atoms with Crippen molar-refractivity contribution in [2.75, 3.05) is 11.0 Å². The zero-order valence-corrected chi connectivity index (χ0v) is 18.3. The molecule has 0 bridgehead atoms. The van der Waals surface area contributed by atoms with Crippen LogP contribution in [-0.2, 0) is 14.8 Å². The maximum absolute atomic E-state index is 12.7. The molecule has 3 rings (SSSR count). The summed E-state index contributed by atoms with van der Waals surface area (Å²) in [7, 11) is -3.40. The molecule has 30 heavy (non-hydrogen) atoms. The molecule has 1 unspecified atom stereocenters. The molecule has 0 saturated carbocycles. The molecule has 8 heteroatoms. The van der Waals surface area contributed by atoms with E-state index in [1.807, 2.05) is 42.6 Å². The fourth-order valence-electron chi connectivity index (χ4n) is 2.85. The predicted octanol–water partition coefficient (Wildman–Crippen LogP) is 4.52. The Morgan fingerprint density at radius 1 is 1.00 bits per heavy atom. The highest BCUT2D eigenvalue weighted by Gasteiger charge is 2.23. The van der Waals surface area contributed by atoms with E-state index in [1.165, 1.54) is 42.5 Å². The van der Waals surface area contributed by atoms with E-state index < -0.39 is 22.1 Å². The number of hydrogen-bond acceptors (Lipinski definition) is 6. The zero-order valence-electron chi connectivity index (χ0n) is 16.7. The van der Waals surface area contributed by atoms with Gasteiger partial charge in [-0.05, 0) is 55.1 Å². The van der Waals surface area contributed by atoms with Gasteiger partial charge in [0.2, 0.25) is 15.8 Å². The summed E-state index contributed by atoms with van der Waals surface area (Å²) in [6.45, 7) is 3.51. The number of aryl methyl sites for hydroxylation is 1. The summed E-state index contributed by atoms with van der Waals surface area (Å²) in [4.78, 5) is 25.7. The van der Waals surface area contributed by atoms with Gasteiger partial charge in [-0.25, -0.2) is 13.2 Å². The van der Waals surface area contributed by atoms with Gasteiger partial charge < -0.3 is 4.74 Å². The minimum Gasteiger partial charge on any atom is -0.450 e. The van der Waals surface area contributed by atoms with Gasteiger partial charge in [0.05, 0.1) is 6.26 Å². The average molecular weight is 444 g/mol. The van der Waals surface area contributed by atoms with Gasteiger partial charge in [0.25, 0.3) is 0 Å². The fourth-order valence-corrected chi connectivity index (χ4v) is 4.21. The van der Waals surface area contributed by atoms with Gasteiger partial charge in [-0.2, -0.15) is 0 Å². The van der Waals surface area contributed by atoms with E-state index in [0.717, 1.165) is 22.9 Å². The van der Waals surface area contributed by atoms with Crippen LogP contribution in [0.4, 0.5) is 5.69 Å². The third kappa shape index (κ3) is 5.34. The van der Waals surface area contributed by atoms with Gasteiger partial charge in [0.15, 0.2) is 6.10 Å². The van der Waals surface area contributed by atoms with Crippen LogP contribution in [0.2, 0.25) is 0 Å². The number of thiophene rings is 1. The summed E-state index contributed by atoms with van der Waals surface area (Å²) >= 11 is 1.26. The minimum absolute atomic E-state index is 0.319. The first kappa shape index (κ1) is 21.7. The number of anilines is 1. The number of benzene rings is 2. The Morgan fingerprint density at radius 3 is 2.23 bits per heavy atom. The van der Waals surface area contributed by atoms with Crippen molar-refractivity contribution >= 4 is 38.8 Å². The molecule has 1 atom stereocenters. The molecular weight excluding hydrogens is 422 g/mol. The van der Waals surface area contributed by atoms with Crippen molar-refractivity contribution in [1.82, 2.24) is 0 Å². The van der Waals surface area contributed by atoms with Crippen molar-refractivity contribution < 1.29 is 22.7 Å². The van der Waals surface area contributed by atoms with Crippen LogP contribution in [0.15, 0.2) is 60.0 Å². The molecule has 0 amide bonds. The lowest BCUT2D eigenvalue weighted by Crippen LogP contribution is -2.24. The Balaban J connectivity index is 1.71. The SMILES string of the molecule is Cc1ccc(-c2ccsc2C(=O)OC(C)C(=O)c2ccc(NS(C)(=O)=O)cc2)cc1. The molecular formula is C22H21NO5S2. The third-order valence-corrected chi connectivity index (χ3v) is 5.84. The molecule has 1 aromatic heterocycles. The third-order valence-electron chi connectivity index (χ3n) is 4.34. The van der Waals surface area contributed by atoms with E-state index >= 15 is 0 Å². The molecule has 2 aromatic carbocycles. The first-order chi connectivity index (χ1) is 14.1. The molecule has 156 valence electrons. The van der Waals surface area contributed by atoms with E-state index in [9.17, 15) is 18.0 Å². The van der Waals surface area contributed by atoms with Gasteiger partial charge in [-0.3, -0.25) is 9.52 Å². The summed E-state index contributed by atoms with van der Waals surface area (Å²) in [5.41, 5.74) is 3.46. The van der Waals surface area contributed by atoms with Crippen molar-refractivity contribution in [3.8, 4) is 11.1 Å². The standard InChI is InChI=1S/C22H21NO5S2/c1-14-4-6-16(7-5-14)19-12-13-29-21(19)22(25)28-15(2)20(24)17-8-10-18(11-9-17)23-30(3,26)27/h4-13,15,23H,1-3H3. The summed E-state index contributed by atoms with van der Waals surface area (Å²) in [6, 6.07) is 15.6. The molecule has 0 saturated heterocycles. The Hall–Kier alpha value is -2.97. The number of nitrogens with one attached hydrogen (secondary N) is 1. The van der Waals surface area contributed by atoms with Crippen LogP contribution in [0.1, 0.15) is 32.5 Å². The molecule has 3 aromatic rings. The summed E-state index contributed by atoms with van der Waals surface area (Å²) in [5.74, 6) is -0.931. The van der Waals surface area contributed by atoms with Crippen LogP contribution in [0.25, 0.3) is 11.1 Å². The van der Waals surface area contributed by atoms with E-state index in [1.54, 1.807) is 0 Å². The van der Waals surface area contributed by atoms with E-state index in [2.05, 4.69) is 4.72 Å². The number of Topliss-reactive ketones (excluding diaryl/α,β-unsaturated/α-hetero) is 1. The van der Waals surface area contributed by atoms with Gasteiger partial charge >= 0.3 is 5.97 Å². The van der Waals surface area contributed by atoms with Gasteiger partial charge in [-0.15, -0.1) is 11.3 Å². The number of hydrogen-bond donors (Lipinski definition) is 1. The number of sulfonamides is 1. The van der Waals surface area contributed by atoms with Gasteiger partial charge in [0.1, 0.15) is 4.88 Å². The average Bonchev–Trinajstić information content (AvgIpc) is 3.17. The Kier molecular flexibility index (Phi) is 6.38. The Morgan fingerprint density at radius 2 is 1.63 bits per heavy atom. The van der Waals surface area contributed by atoms with E-state index in [4.69, 9.17) is 4.74 Å². The number of carbonyl (C=O) groups is 2. The lowest BCUT2D eigenvalue weighted by molar-refractivity contribution is 0.0324. The number of rotatable bonds is 7. The number of esters is 1. The molecule has 0 aliphatic heterocycles. The van der Waals surface area contributed by atoms with Crippen molar-refractivity contribution in [3.63, 3.8) is 0 Å². The summed E-state index contributed by atoms with van der Waals surface area (Å²) in [6.07, 6.45) is 0.0578. The molecule has 0 spiro atoms. The first-order valence-corrected chi connectivity index (χ1v) is 11.9. The number of ether oxygens (including phenoxy) is 1. The monoisotopic (exact) mass is 443 g/mol. The molecule has 1 N–H and O–H groups in total. The molecule has 0 radical (unpaired) electrons. The van der Waals surface area contributed by atoms with Crippen molar-refractivity contribution in [2.24, 2.45) is 0 Å². The zero-order chi connectivity index (χ0) is 21.9. The number of ketones is 1. The Labute approximate surface area is 179 Å². The van der Waals surface area contributed by atoms with Crippen molar-refractivity contribution in [2.45, 2.75) is 20.0 Å². The minimum atomic E-state index is -3.40. The quantitative estimate of drug-likeness (QED) is 0.428. The van der Waals surface area contributed by atoms with Crippen LogP contribution in [0.3, 0.4) is 0 Å². The maximum Gasteiger partial charge on any atom is 0.349 e. The van der Waals surface area contributed by atoms with Crippen molar-refractivity contribution in [1.29, 1.82) is 0 Å². The van der Waals surface area contributed by atoms with Crippen LogP contribution < -0.4 is 4.72 Å². The highest BCUT2D eigenvalue weighted by Crippen LogP contribution is 2.29. The second kappa shape index (κ2) is 8.81. The van der Waals surface area contributed by atoms with Crippen LogP contribution in [0, 0.1) is 6.92 Å². The van der Waals surface area contributed by atoms with Crippen LogP contribution >= 0.6 is 11.3 Å². The predicted molar refractivity (Wildman–Crippen MR) is 119 cm³/mol.